The Morgan fingerprint density at radius 1 is 1.27 bits per heavy atom. The molecule has 26 heavy (non-hydrogen) atoms. The summed E-state index contributed by atoms with van der Waals surface area (Å²) in [7, 11) is 1.87. The molecule has 6 nitrogen and oxygen atoms in total. The van der Waals surface area contributed by atoms with Crippen molar-refractivity contribution in [2.75, 3.05) is 6.54 Å². The summed E-state index contributed by atoms with van der Waals surface area (Å²) in [5.74, 6) is -0.201. The molecule has 0 radical (unpaired) electrons. The molecule has 7 heteroatoms. The summed E-state index contributed by atoms with van der Waals surface area (Å²) in [6, 6.07) is 9.31. The van der Waals surface area contributed by atoms with Crippen molar-refractivity contribution in [3.63, 3.8) is 0 Å². The Bertz CT molecular complexity index is 981. The first-order valence-electron chi connectivity index (χ1n) is 8.32. The summed E-state index contributed by atoms with van der Waals surface area (Å²) in [5, 5.41) is 7.48. The van der Waals surface area contributed by atoms with Gasteiger partial charge in [0.1, 0.15) is 0 Å². The lowest BCUT2D eigenvalue weighted by Gasteiger charge is -2.10. The summed E-state index contributed by atoms with van der Waals surface area (Å²) >= 11 is 5.33. The van der Waals surface area contributed by atoms with Crippen molar-refractivity contribution in [2.45, 2.75) is 19.8 Å². The zero-order valence-corrected chi connectivity index (χ0v) is 15.4. The number of carbonyl (C=O) groups is 2. The Balaban J connectivity index is 1.96. The zero-order chi connectivity index (χ0) is 18.7. The molecule has 0 aliphatic rings. The van der Waals surface area contributed by atoms with Crippen LogP contribution in [0.25, 0.3) is 22.2 Å². The lowest BCUT2D eigenvalue weighted by Crippen LogP contribution is -2.25. The fraction of sp³-hybridized carbons (Fsp3) is 0.263. The molecular formula is C19H19ClN4O2. The van der Waals surface area contributed by atoms with Gasteiger partial charge in [0.25, 0.3) is 5.91 Å². The van der Waals surface area contributed by atoms with Crippen LogP contribution in [0.1, 0.15) is 28.9 Å². The predicted octanol–water partition coefficient (Wildman–Crippen LogP) is 3.22. The van der Waals surface area contributed by atoms with Crippen LogP contribution in [0.4, 0.5) is 0 Å². The smallest absolute Gasteiger partial charge is 0.252 e. The molecule has 0 aliphatic carbocycles. The van der Waals surface area contributed by atoms with Crippen molar-refractivity contribution in [1.82, 2.24) is 20.1 Å². The number of fused-ring (bicyclic) bond motifs is 1. The number of hydrogen-bond donors (Lipinski definition) is 1. The maximum Gasteiger partial charge on any atom is 0.252 e. The van der Waals surface area contributed by atoms with Gasteiger partial charge in [0.15, 0.2) is 0 Å². The van der Waals surface area contributed by atoms with Gasteiger partial charge in [-0.2, -0.15) is 5.10 Å². The summed E-state index contributed by atoms with van der Waals surface area (Å²) in [6.45, 7) is 2.34. The molecule has 0 saturated carbocycles. The molecule has 0 aliphatic heterocycles. The molecular weight excluding hydrogens is 352 g/mol. The normalized spacial score (nSPS) is 10.9. The number of carbonyl (C=O) groups excluding carboxylic acids is 2. The summed E-state index contributed by atoms with van der Waals surface area (Å²) in [4.78, 5) is 28.2. The van der Waals surface area contributed by atoms with E-state index in [1.807, 2.05) is 38.2 Å². The molecule has 134 valence electrons. The number of aromatic nitrogens is 3. The molecule has 3 rings (SSSR count). The molecule has 3 aromatic rings. The Kier molecular flexibility index (Phi) is 5.32. The molecule has 0 bridgehead atoms. The Morgan fingerprint density at radius 3 is 2.73 bits per heavy atom. The second-order valence-electron chi connectivity index (χ2n) is 6.05. The van der Waals surface area contributed by atoms with Crippen molar-refractivity contribution >= 4 is 33.7 Å². The minimum absolute atomic E-state index is 0.201. The van der Waals surface area contributed by atoms with Crippen LogP contribution in [-0.4, -0.2) is 32.5 Å². The fourth-order valence-corrected chi connectivity index (χ4v) is 2.91. The van der Waals surface area contributed by atoms with Gasteiger partial charge in [0, 0.05) is 36.7 Å². The minimum atomic E-state index is -0.400. The van der Waals surface area contributed by atoms with Crippen LogP contribution < -0.4 is 5.32 Å². The Morgan fingerprint density at radius 2 is 2.04 bits per heavy atom. The third-order valence-electron chi connectivity index (χ3n) is 4.31. The van der Waals surface area contributed by atoms with Crippen LogP contribution in [-0.2, 0) is 11.8 Å². The van der Waals surface area contributed by atoms with Gasteiger partial charge >= 0.3 is 0 Å². The largest absolute Gasteiger partial charge is 0.352 e. The van der Waals surface area contributed by atoms with Crippen molar-refractivity contribution in [3.05, 3.63) is 47.8 Å². The molecule has 2 heterocycles. The van der Waals surface area contributed by atoms with Gasteiger partial charge in [0.2, 0.25) is 5.24 Å². The molecule has 0 spiro atoms. The number of benzene rings is 1. The number of pyridine rings is 1. The minimum Gasteiger partial charge on any atom is -0.352 e. The quantitative estimate of drug-likeness (QED) is 0.534. The average molecular weight is 371 g/mol. The van der Waals surface area contributed by atoms with Crippen LogP contribution in [0.2, 0.25) is 0 Å². The van der Waals surface area contributed by atoms with E-state index in [0.717, 1.165) is 22.2 Å². The summed E-state index contributed by atoms with van der Waals surface area (Å²) in [5.41, 5.74) is 3.86. The number of aryl methyl sites for hydroxylation is 1. The first-order chi connectivity index (χ1) is 12.5. The highest BCUT2D eigenvalue weighted by molar-refractivity contribution is 6.63. The molecule has 0 unspecified atom stereocenters. The van der Waals surface area contributed by atoms with E-state index in [4.69, 9.17) is 11.6 Å². The van der Waals surface area contributed by atoms with Crippen LogP contribution in [0.3, 0.4) is 0 Å². The van der Waals surface area contributed by atoms with Crippen molar-refractivity contribution in [1.29, 1.82) is 0 Å². The molecule has 0 fully saturated rings. The maximum absolute atomic E-state index is 12.7. The van der Waals surface area contributed by atoms with Crippen LogP contribution in [0, 0.1) is 6.92 Å². The van der Waals surface area contributed by atoms with Gasteiger partial charge in [0.05, 0.1) is 23.0 Å². The number of amides is 1. The number of rotatable bonds is 6. The number of para-hydroxylation sites is 1. The van der Waals surface area contributed by atoms with E-state index < -0.39 is 5.24 Å². The Labute approximate surface area is 156 Å². The van der Waals surface area contributed by atoms with Crippen LogP contribution in [0.15, 0.2) is 36.5 Å². The standard InChI is InChI=1S/C19H19ClN4O2/c1-12-15(11-22-24(12)2)17-10-14(13-6-3-4-7-16(13)23-17)19(26)21-9-5-8-18(20)25/h3-4,6-7,10-11H,5,8-9H2,1-2H3,(H,21,26). The third kappa shape index (κ3) is 3.75. The van der Waals surface area contributed by atoms with Gasteiger partial charge < -0.3 is 5.32 Å². The van der Waals surface area contributed by atoms with E-state index in [1.165, 1.54) is 0 Å². The summed E-state index contributed by atoms with van der Waals surface area (Å²) in [6.07, 6.45) is 2.49. The fourth-order valence-electron chi connectivity index (χ4n) is 2.78. The average Bonchev–Trinajstić information content (AvgIpc) is 2.96. The number of hydrogen-bond acceptors (Lipinski definition) is 4. The first-order valence-corrected chi connectivity index (χ1v) is 8.70. The number of nitrogens with one attached hydrogen (secondary N) is 1. The van der Waals surface area contributed by atoms with Gasteiger partial charge in [-0.25, -0.2) is 4.98 Å². The molecule has 1 N–H and O–H groups in total. The number of nitrogens with zero attached hydrogens (tertiary/aromatic N) is 3. The topological polar surface area (TPSA) is 76.9 Å². The van der Waals surface area contributed by atoms with E-state index in [-0.39, 0.29) is 12.3 Å². The van der Waals surface area contributed by atoms with Crippen molar-refractivity contribution in [3.8, 4) is 11.3 Å². The maximum atomic E-state index is 12.7. The van der Waals surface area contributed by atoms with E-state index in [0.29, 0.717) is 24.2 Å². The zero-order valence-electron chi connectivity index (χ0n) is 14.6. The SMILES string of the molecule is Cc1c(-c2cc(C(=O)NCCCC(=O)Cl)c3ccccc3n2)cnn1C. The second kappa shape index (κ2) is 7.66. The highest BCUT2D eigenvalue weighted by atomic mass is 35.5. The predicted molar refractivity (Wildman–Crippen MR) is 101 cm³/mol. The lowest BCUT2D eigenvalue weighted by atomic mass is 10.0. The van der Waals surface area contributed by atoms with Crippen molar-refractivity contribution < 1.29 is 9.59 Å². The van der Waals surface area contributed by atoms with E-state index >= 15 is 0 Å². The van der Waals surface area contributed by atoms with E-state index in [2.05, 4.69) is 15.4 Å². The Hall–Kier alpha value is -2.73. The first kappa shape index (κ1) is 18.1. The van der Waals surface area contributed by atoms with Crippen LogP contribution in [0.5, 0.6) is 0 Å². The highest BCUT2D eigenvalue weighted by Gasteiger charge is 2.16. The van der Waals surface area contributed by atoms with Gasteiger partial charge in [-0.15, -0.1) is 0 Å². The number of halogens is 1. The molecule has 2 aromatic heterocycles. The monoisotopic (exact) mass is 370 g/mol. The third-order valence-corrected chi connectivity index (χ3v) is 4.50. The van der Waals surface area contributed by atoms with E-state index in [1.54, 1.807) is 16.9 Å². The summed E-state index contributed by atoms with van der Waals surface area (Å²) < 4.78 is 1.77. The van der Waals surface area contributed by atoms with Gasteiger partial charge in [-0.1, -0.05) is 18.2 Å². The molecule has 1 aromatic carbocycles. The molecule has 1 amide bonds. The second-order valence-corrected chi connectivity index (χ2v) is 6.48. The van der Waals surface area contributed by atoms with E-state index in [9.17, 15) is 9.59 Å². The van der Waals surface area contributed by atoms with Crippen LogP contribution >= 0.6 is 11.6 Å². The molecule has 0 saturated heterocycles. The van der Waals surface area contributed by atoms with Gasteiger partial charge in [-0.3, -0.25) is 14.3 Å². The highest BCUT2D eigenvalue weighted by Crippen LogP contribution is 2.26. The lowest BCUT2D eigenvalue weighted by molar-refractivity contribution is -0.111. The van der Waals surface area contributed by atoms with Gasteiger partial charge in [-0.05, 0) is 37.1 Å². The molecule has 0 atom stereocenters. The van der Waals surface area contributed by atoms with Crippen molar-refractivity contribution in [2.24, 2.45) is 7.05 Å².